The van der Waals surface area contributed by atoms with Gasteiger partial charge >= 0.3 is 0 Å². The highest BCUT2D eigenvalue weighted by atomic mass is 35.5. The predicted molar refractivity (Wildman–Crippen MR) is 48.6 cm³/mol. The van der Waals surface area contributed by atoms with Gasteiger partial charge in [0.2, 0.25) is 0 Å². The van der Waals surface area contributed by atoms with E-state index in [4.69, 9.17) is 4.74 Å². The molecule has 2 N–H and O–H groups in total. The molecule has 0 bridgehead atoms. The summed E-state index contributed by atoms with van der Waals surface area (Å²) >= 11 is 0. The Bertz CT molecular complexity index is 148. The minimum absolute atomic E-state index is 0. The molecule has 2 aliphatic rings. The summed E-state index contributed by atoms with van der Waals surface area (Å²) in [5.41, 5.74) is 0.102. The van der Waals surface area contributed by atoms with Crippen molar-refractivity contribution in [1.29, 1.82) is 0 Å². The van der Waals surface area contributed by atoms with Crippen LogP contribution in [0.25, 0.3) is 0 Å². The molecule has 0 saturated carbocycles. The van der Waals surface area contributed by atoms with Gasteiger partial charge in [0.15, 0.2) is 0 Å². The highest BCUT2D eigenvalue weighted by molar-refractivity contribution is 5.85. The fourth-order valence-electron chi connectivity index (χ4n) is 2.05. The van der Waals surface area contributed by atoms with Crippen LogP contribution in [0.15, 0.2) is 0 Å². The van der Waals surface area contributed by atoms with Crippen LogP contribution in [0.1, 0.15) is 12.8 Å². The van der Waals surface area contributed by atoms with Crippen LogP contribution in [0, 0.1) is 5.41 Å². The maximum atomic E-state index is 9.65. The molecular weight excluding hydrogens is 178 g/mol. The third kappa shape index (κ3) is 1.59. The summed E-state index contributed by atoms with van der Waals surface area (Å²) in [5, 5.41) is 12.9. The first-order valence-corrected chi connectivity index (χ1v) is 4.30. The Kier molecular flexibility index (Phi) is 3.35. The first-order valence-electron chi connectivity index (χ1n) is 4.30. The average molecular weight is 194 g/mol. The third-order valence-corrected chi connectivity index (χ3v) is 2.97. The van der Waals surface area contributed by atoms with Gasteiger partial charge in [-0.2, -0.15) is 0 Å². The Hall–Kier alpha value is 0.170. The number of ether oxygens (including phenoxy) is 1. The summed E-state index contributed by atoms with van der Waals surface area (Å²) in [5.74, 6) is 0. The lowest BCUT2D eigenvalue weighted by Crippen LogP contribution is -2.43. The molecule has 2 saturated heterocycles. The number of nitrogens with one attached hydrogen (secondary N) is 1. The minimum Gasteiger partial charge on any atom is -0.390 e. The van der Waals surface area contributed by atoms with E-state index in [0.29, 0.717) is 6.61 Å². The highest BCUT2D eigenvalue weighted by Crippen LogP contribution is 2.37. The van der Waals surface area contributed by atoms with Gasteiger partial charge in [-0.15, -0.1) is 12.4 Å². The Balaban J connectivity index is 0.000000720. The lowest BCUT2D eigenvalue weighted by molar-refractivity contribution is 0.0444. The number of piperidine rings is 1. The summed E-state index contributed by atoms with van der Waals surface area (Å²) in [4.78, 5) is 0. The van der Waals surface area contributed by atoms with Gasteiger partial charge < -0.3 is 15.2 Å². The van der Waals surface area contributed by atoms with Gasteiger partial charge in [0.05, 0.1) is 19.3 Å². The van der Waals surface area contributed by atoms with E-state index >= 15 is 0 Å². The number of rotatable bonds is 0. The maximum Gasteiger partial charge on any atom is 0.0852 e. The molecule has 0 aromatic heterocycles. The Labute approximate surface area is 78.9 Å². The zero-order valence-electron chi connectivity index (χ0n) is 7.08. The smallest absolute Gasteiger partial charge is 0.0852 e. The summed E-state index contributed by atoms with van der Waals surface area (Å²) in [6, 6.07) is 0. The molecule has 1 spiro atoms. The van der Waals surface area contributed by atoms with Crippen LogP contribution in [0.5, 0.6) is 0 Å². The summed E-state index contributed by atoms with van der Waals surface area (Å²) in [6.45, 7) is 3.36. The van der Waals surface area contributed by atoms with Gasteiger partial charge in [-0.25, -0.2) is 0 Å². The van der Waals surface area contributed by atoms with Crippen molar-refractivity contribution in [2.75, 3.05) is 26.3 Å². The van der Waals surface area contributed by atoms with E-state index in [1.807, 2.05) is 0 Å². The van der Waals surface area contributed by atoms with Crippen LogP contribution in [0.3, 0.4) is 0 Å². The Morgan fingerprint density at radius 1 is 1.33 bits per heavy atom. The molecule has 12 heavy (non-hydrogen) atoms. The highest BCUT2D eigenvalue weighted by Gasteiger charge is 2.43. The first kappa shape index (κ1) is 10.3. The van der Waals surface area contributed by atoms with Crippen molar-refractivity contribution in [1.82, 2.24) is 5.32 Å². The van der Waals surface area contributed by atoms with Gasteiger partial charge in [-0.05, 0) is 25.9 Å². The van der Waals surface area contributed by atoms with Crippen molar-refractivity contribution in [2.45, 2.75) is 18.9 Å². The van der Waals surface area contributed by atoms with Crippen molar-refractivity contribution in [2.24, 2.45) is 5.41 Å². The quantitative estimate of drug-likeness (QED) is 0.577. The second-order valence-electron chi connectivity index (χ2n) is 3.64. The number of aliphatic hydroxyl groups is 1. The van der Waals surface area contributed by atoms with Gasteiger partial charge in [0, 0.05) is 5.41 Å². The van der Waals surface area contributed by atoms with E-state index in [1.165, 1.54) is 0 Å². The zero-order chi connectivity index (χ0) is 7.73. The lowest BCUT2D eigenvalue weighted by atomic mass is 9.77. The van der Waals surface area contributed by atoms with Crippen LogP contribution in [-0.2, 0) is 4.74 Å². The lowest BCUT2D eigenvalue weighted by Gasteiger charge is -2.34. The number of hydrogen-bond acceptors (Lipinski definition) is 3. The molecule has 0 aromatic carbocycles. The molecule has 2 aliphatic heterocycles. The van der Waals surface area contributed by atoms with Crippen molar-refractivity contribution in [3.63, 3.8) is 0 Å². The van der Waals surface area contributed by atoms with Crippen molar-refractivity contribution >= 4 is 12.4 Å². The van der Waals surface area contributed by atoms with Crippen LogP contribution < -0.4 is 5.32 Å². The largest absolute Gasteiger partial charge is 0.390 e. The average Bonchev–Trinajstić information content (AvgIpc) is 2.36. The van der Waals surface area contributed by atoms with Crippen LogP contribution in [0.2, 0.25) is 0 Å². The fourth-order valence-corrected chi connectivity index (χ4v) is 2.05. The zero-order valence-corrected chi connectivity index (χ0v) is 7.90. The number of hydrogen-bond donors (Lipinski definition) is 2. The van der Waals surface area contributed by atoms with Crippen LogP contribution in [0.4, 0.5) is 0 Å². The fraction of sp³-hybridized carbons (Fsp3) is 1.00. The van der Waals surface area contributed by atoms with Crippen LogP contribution >= 0.6 is 12.4 Å². The molecule has 1 atom stereocenters. The number of halogens is 1. The topological polar surface area (TPSA) is 41.5 Å². The molecule has 0 aromatic rings. The second kappa shape index (κ2) is 3.92. The molecule has 2 rings (SSSR count). The molecule has 2 heterocycles. The van der Waals surface area contributed by atoms with E-state index in [2.05, 4.69) is 5.32 Å². The summed E-state index contributed by atoms with van der Waals surface area (Å²) in [7, 11) is 0. The van der Waals surface area contributed by atoms with Gasteiger partial charge in [-0.1, -0.05) is 0 Å². The first-order chi connectivity index (χ1) is 5.33. The van der Waals surface area contributed by atoms with E-state index < -0.39 is 0 Å². The van der Waals surface area contributed by atoms with Crippen molar-refractivity contribution in [3.8, 4) is 0 Å². The van der Waals surface area contributed by atoms with E-state index in [1.54, 1.807) is 0 Å². The van der Waals surface area contributed by atoms with Gasteiger partial charge in [0.25, 0.3) is 0 Å². The molecule has 0 radical (unpaired) electrons. The molecule has 0 aliphatic carbocycles. The Morgan fingerprint density at radius 2 is 2.00 bits per heavy atom. The third-order valence-electron chi connectivity index (χ3n) is 2.97. The molecule has 0 amide bonds. The SMILES string of the molecule is Cl.O[C@H]1COCC12CCNCC2. The molecule has 3 nitrogen and oxygen atoms in total. The van der Waals surface area contributed by atoms with Crippen LogP contribution in [-0.4, -0.2) is 37.5 Å². The molecular formula is C8H16ClNO2. The maximum absolute atomic E-state index is 9.65. The summed E-state index contributed by atoms with van der Waals surface area (Å²) < 4.78 is 5.27. The van der Waals surface area contributed by atoms with Gasteiger partial charge in [-0.3, -0.25) is 0 Å². The van der Waals surface area contributed by atoms with Crippen molar-refractivity contribution < 1.29 is 9.84 Å². The molecule has 72 valence electrons. The summed E-state index contributed by atoms with van der Waals surface area (Å²) in [6.07, 6.45) is 1.91. The number of aliphatic hydroxyl groups excluding tert-OH is 1. The molecule has 0 unspecified atom stereocenters. The van der Waals surface area contributed by atoms with E-state index in [0.717, 1.165) is 32.5 Å². The minimum atomic E-state index is -0.218. The monoisotopic (exact) mass is 193 g/mol. The molecule has 2 fully saturated rings. The van der Waals surface area contributed by atoms with Gasteiger partial charge in [0.1, 0.15) is 0 Å². The predicted octanol–water partition coefficient (Wildman–Crippen LogP) is 0.169. The normalized spacial score (nSPS) is 33.2. The van der Waals surface area contributed by atoms with Crippen molar-refractivity contribution in [3.05, 3.63) is 0 Å². The molecule has 4 heteroatoms. The Morgan fingerprint density at radius 3 is 2.50 bits per heavy atom. The second-order valence-corrected chi connectivity index (χ2v) is 3.64. The van der Waals surface area contributed by atoms with E-state index in [-0.39, 0.29) is 23.9 Å². The standard InChI is InChI=1S/C8H15NO2.ClH/c10-7-5-11-6-8(7)1-3-9-4-2-8;/h7,9-10H,1-6H2;1H/t7-;/m0./s1. The van der Waals surface area contributed by atoms with E-state index in [9.17, 15) is 5.11 Å².